The largest absolute Gasteiger partial charge is 0.365 e. The maximum Gasteiger partial charge on any atom is 0.260 e. The fourth-order valence-corrected chi connectivity index (χ4v) is 2.73. The number of amides is 1. The lowest BCUT2D eigenvalue weighted by molar-refractivity contribution is 0.100. The molecule has 3 aromatic rings. The second-order valence-corrected chi connectivity index (χ2v) is 4.93. The first kappa shape index (κ1) is 10.9. The van der Waals surface area contributed by atoms with E-state index in [4.69, 9.17) is 5.73 Å². The zero-order chi connectivity index (χ0) is 12.7. The average molecular weight is 258 g/mol. The number of aromatic nitrogens is 3. The molecule has 2 heterocycles. The molecule has 0 aliphatic carbocycles. The Morgan fingerprint density at radius 3 is 3.00 bits per heavy atom. The van der Waals surface area contributed by atoms with Gasteiger partial charge in [-0.3, -0.25) is 4.79 Å². The van der Waals surface area contributed by atoms with Crippen LogP contribution in [0.4, 0.5) is 0 Å². The quantitative estimate of drug-likeness (QED) is 0.738. The number of aromatic amines is 1. The molecule has 0 atom stereocenters. The van der Waals surface area contributed by atoms with Gasteiger partial charge in [0.15, 0.2) is 0 Å². The van der Waals surface area contributed by atoms with Crippen LogP contribution in [0.2, 0.25) is 0 Å². The van der Waals surface area contributed by atoms with Gasteiger partial charge in [0.25, 0.3) is 5.91 Å². The van der Waals surface area contributed by atoms with Gasteiger partial charge in [0.05, 0.1) is 23.1 Å². The average Bonchev–Trinajstić information content (AvgIpc) is 2.93. The number of fused-ring (bicyclic) bond motifs is 1. The minimum Gasteiger partial charge on any atom is -0.365 e. The minimum absolute atomic E-state index is 0.432. The molecule has 5 nitrogen and oxygen atoms in total. The molecule has 2 aromatic heterocycles. The van der Waals surface area contributed by atoms with Crippen molar-refractivity contribution >= 4 is 28.3 Å². The number of nitrogens with one attached hydrogen (secondary N) is 1. The highest BCUT2D eigenvalue weighted by Gasteiger charge is 2.13. The van der Waals surface area contributed by atoms with E-state index in [1.165, 1.54) is 11.3 Å². The van der Waals surface area contributed by atoms with Crippen molar-refractivity contribution < 1.29 is 4.79 Å². The van der Waals surface area contributed by atoms with Crippen LogP contribution in [0.15, 0.2) is 24.5 Å². The van der Waals surface area contributed by atoms with Gasteiger partial charge in [-0.05, 0) is 25.1 Å². The van der Waals surface area contributed by atoms with Gasteiger partial charge in [0.2, 0.25) is 0 Å². The zero-order valence-electron chi connectivity index (χ0n) is 9.60. The fraction of sp³-hybridized carbons (Fsp3) is 0.0833. The Morgan fingerprint density at radius 1 is 1.44 bits per heavy atom. The number of H-pyrrole nitrogens is 1. The SMILES string of the molecule is Cc1nc(-c2ccc3nc[nH]c3c2)sc1C(N)=O. The molecule has 3 N–H and O–H groups in total. The molecule has 0 saturated carbocycles. The van der Waals surface area contributed by atoms with Gasteiger partial charge in [-0.25, -0.2) is 9.97 Å². The van der Waals surface area contributed by atoms with Crippen molar-refractivity contribution in [2.75, 3.05) is 0 Å². The number of hydrogen-bond donors (Lipinski definition) is 2. The van der Waals surface area contributed by atoms with E-state index < -0.39 is 5.91 Å². The van der Waals surface area contributed by atoms with E-state index in [9.17, 15) is 4.79 Å². The minimum atomic E-state index is -0.432. The summed E-state index contributed by atoms with van der Waals surface area (Å²) >= 11 is 1.31. The molecule has 3 rings (SSSR count). The van der Waals surface area contributed by atoms with E-state index in [1.54, 1.807) is 13.3 Å². The van der Waals surface area contributed by atoms with Crippen LogP contribution in [0.5, 0.6) is 0 Å². The zero-order valence-corrected chi connectivity index (χ0v) is 10.4. The molecule has 6 heteroatoms. The summed E-state index contributed by atoms with van der Waals surface area (Å²) in [6, 6.07) is 5.82. The summed E-state index contributed by atoms with van der Waals surface area (Å²) in [5, 5.41) is 0.790. The van der Waals surface area contributed by atoms with E-state index in [1.807, 2.05) is 18.2 Å². The standard InChI is InChI=1S/C12H10N4OS/c1-6-10(11(13)17)18-12(16-6)7-2-3-8-9(4-7)15-5-14-8/h2-5H,1H3,(H2,13,17)(H,14,15). The Morgan fingerprint density at radius 2 is 2.28 bits per heavy atom. The van der Waals surface area contributed by atoms with Crippen LogP contribution in [-0.2, 0) is 0 Å². The summed E-state index contributed by atoms with van der Waals surface area (Å²) in [6.07, 6.45) is 1.65. The molecular weight excluding hydrogens is 248 g/mol. The van der Waals surface area contributed by atoms with Gasteiger partial charge >= 0.3 is 0 Å². The molecule has 0 aliphatic heterocycles. The van der Waals surface area contributed by atoms with Crippen molar-refractivity contribution in [1.29, 1.82) is 0 Å². The first-order chi connectivity index (χ1) is 8.65. The molecule has 0 spiro atoms. The van der Waals surface area contributed by atoms with Gasteiger partial charge < -0.3 is 10.7 Å². The second-order valence-electron chi connectivity index (χ2n) is 3.93. The van der Waals surface area contributed by atoms with E-state index in [-0.39, 0.29) is 0 Å². The van der Waals surface area contributed by atoms with Gasteiger partial charge in [-0.15, -0.1) is 11.3 Å². The van der Waals surface area contributed by atoms with E-state index in [0.717, 1.165) is 21.6 Å². The number of carbonyl (C=O) groups is 1. The van der Waals surface area contributed by atoms with Crippen molar-refractivity contribution in [3.63, 3.8) is 0 Å². The van der Waals surface area contributed by atoms with Crippen LogP contribution in [0.25, 0.3) is 21.6 Å². The number of rotatable bonds is 2. The lowest BCUT2D eigenvalue weighted by Crippen LogP contribution is -2.09. The number of carbonyl (C=O) groups excluding carboxylic acids is 1. The number of primary amides is 1. The Balaban J connectivity index is 2.13. The summed E-state index contributed by atoms with van der Waals surface area (Å²) in [6.45, 7) is 1.79. The van der Waals surface area contributed by atoms with E-state index >= 15 is 0 Å². The highest BCUT2D eigenvalue weighted by molar-refractivity contribution is 7.17. The van der Waals surface area contributed by atoms with Crippen molar-refractivity contribution in [2.45, 2.75) is 6.92 Å². The highest BCUT2D eigenvalue weighted by atomic mass is 32.1. The summed E-state index contributed by atoms with van der Waals surface area (Å²) in [5.41, 5.74) is 8.77. The molecule has 1 amide bonds. The summed E-state index contributed by atoms with van der Waals surface area (Å²) in [4.78, 5) is 23.3. The smallest absolute Gasteiger partial charge is 0.260 e. The number of aryl methyl sites for hydroxylation is 1. The van der Waals surface area contributed by atoms with E-state index in [0.29, 0.717) is 10.6 Å². The molecule has 18 heavy (non-hydrogen) atoms. The molecular formula is C12H10N4OS. The fourth-order valence-electron chi connectivity index (χ4n) is 1.82. The predicted molar refractivity (Wildman–Crippen MR) is 70.5 cm³/mol. The lowest BCUT2D eigenvalue weighted by Gasteiger charge is -1.95. The van der Waals surface area contributed by atoms with Crippen molar-refractivity contribution in [3.05, 3.63) is 35.1 Å². The summed E-state index contributed by atoms with van der Waals surface area (Å²) in [7, 11) is 0. The number of benzene rings is 1. The van der Waals surface area contributed by atoms with Crippen LogP contribution in [-0.4, -0.2) is 20.9 Å². The normalized spacial score (nSPS) is 10.9. The van der Waals surface area contributed by atoms with Crippen molar-refractivity contribution in [2.24, 2.45) is 5.73 Å². The molecule has 0 radical (unpaired) electrons. The summed E-state index contributed by atoms with van der Waals surface area (Å²) in [5.74, 6) is -0.432. The molecule has 1 aromatic carbocycles. The Hall–Kier alpha value is -2.21. The Labute approximate surface area is 107 Å². The van der Waals surface area contributed by atoms with Crippen LogP contribution in [0.3, 0.4) is 0 Å². The van der Waals surface area contributed by atoms with Gasteiger partial charge in [0, 0.05) is 5.56 Å². The van der Waals surface area contributed by atoms with Gasteiger partial charge in [-0.2, -0.15) is 0 Å². The maximum absolute atomic E-state index is 11.2. The molecule has 0 fully saturated rings. The van der Waals surface area contributed by atoms with Crippen LogP contribution in [0.1, 0.15) is 15.4 Å². The first-order valence-electron chi connectivity index (χ1n) is 5.36. The lowest BCUT2D eigenvalue weighted by atomic mass is 10.2. The third-order valence-electron chi connectivity index (χ3n) is 2.69. The third kappa shape index (κ3) is 1.67. The molecule has 0 aliphatic rings. The molecule has 0 saturated heterocycles. The number of imidazole rings is 1. The second kappa shape index (κ2) is 3.92. The van der Waals surface area contributed by atoms with Gasteiger partial charge in [0.1, 0.15) is 9.88 Å². The Bertz CT molecular complexity index is 743. The maximum atomic E-state index is 11.2. The molecule has 0 unspecified atom stereocenters. The highest BCUT2D eigenvalue weighted by Crippen LogP contribution is 2.29. The molecule has 0 bridgehead atoms. The number of nitrogens with zero attached hydrogens (tertiary/aromatic N) is 2. The Kier molecular flexibility index (Phi) is 2.38. The van der Waals surface area contributed by atoms with Crippen molar-refractivity contribution in [1.82, 2.24) is 15.0 Å². The number of hydrogen-bond acceptors (Lipinski definition) is 4. The van der Waals surface area contributed by atoms with Gasteiger partial charge in [-0.1, -0.05) is 0 Å². The van der Waals surface area contributed by atoms with E-state index in [2.05, 4.69) is 15.0 Å². The van der Waals surface area contributed by atoms with Crippen LogP contribution < -0.4 is 5.73 Å². The number of thiazole rings is 1. The number of nitrogens with two attached hydrogens (primary N) is 1. The first-order valence-corrected chi connectivity index (χ1v) is 6.17. The topological polar surface area (TPSA) is 84.7 Å². The van der Waals surface area contributed by atoms with Crippen LogP contribution >= 0.6 is 11.3 Å². The predicted octanol–water partition coefficient (Wildman–Crippen LogP) is 2.09. The van der Waals surface area contributed by atoms with Crippen LogP contribution in [0, 0.1) is 6.92 Å². The monoisotopic (exact) mass is 258 g/mol. The third-order valence-corrected chi connectivity index (χ3v) is 3.91. The summed E-state index contributed by atoms with van der Waals surface area (Å²) < 4.78 is 0. The molecule has 90 valence electrons. The van der Waals surface area contributed by atoms with Crippen molar-refractivity contribution in [3.8, 4) is 10.6 Å².